The van der Waals surface area contributed by atoms with Crippen molar-refractivity contribution in [3.05, 3.63) is 28.2 Å². The molecule has 16 heavy (non-hydrogen) atoms. The maximum Gasteiger partial charge on any atom is 0.254 e. The van der Waals surface area contributed by atoms with Crippen molar-refractivity contribution in [3.8, 4) is 5.75 Å². The van der Waals surface area contributed by atoms with Gasteiger partial charge in [-0.05, 0) is 24.6 Å². The van der Waals surface area contributed by atoms with E-state index in [1.165, 1.54) is 0 Å². The van der Waals surface area contributed by atoms with Gasteiger partial charge in [-0.1, -0.05) is 29.3 Å². The zero-order chi connectivity index (χ0) is 12.0. The Hall–Kier alpha value is -1.03. The molecular weight excluding hydrogens is 270 g/mol. The van der Waals surface area contributed by atoms with Gasteiger partial charge < -0.3 is 10.1 Å². The van der Waals surface area contributed by atoms with E-state index in [9.17, 15) is 4.79 Å². The van der Waals surface area contributed by atoms with E-state index < -0.39 is 0 Å². The highest BCUT2D eigenvalue weighted by Gasteiger charge is 2.11. The number of ether oxygens (including phenoxy) is 1. The minimum absolute atomic E-state index is 0.132. The van der Waals surface area contributed by atoms with Gasteiger partial charge in [-0.2, -0.15) is 0 Å². The quantitative estimate of drug-likeness (QED) is 0.845. The van der Waals surface area contributed by atoms with Gasteiger partial charge in [0.25, 0.3) is 5.91 Å². The van der Waals surface area contributed by atoms with Crippen molar-refractivity contribution in [2.24, 2.45) is 0 Å². The Morgan fingerprint density at radius 1 is 1.50 bits per heavy atom. The smallest absolute Gasteiger partial charge is 0.254 e. The van der Waals surface area contributed by atoms with E-state index in [2.05, 4.69) is 28.2 Å². The summed E-state index contributed by atoms with van der Waals surface area (Å²) in [6, 6.07) is 5.44. The van der Waals surface area contributed by atoms with Crippen LogP contribution < -0.4 is 10.1 Å². The molecule has 0 heterocycles. The second kappa shape index (κ2) is 6.53. The van der Waals surface area contributed by atoms with Crippen LogP contribution in [0.2, 0.25) is 0 Å². The third-order valence-electron chi connectivity index (χ3n) is 2.17. The van der Waals surface area contributed by atoms with Gasteiger partial charge in [0.2, 0.25) is 0 Å². The first-order valence-electron chi connectivity index (χ1n) is 5.33. The molecule has 3 nitrogen and oxygen atoms in total. The van der Waals surface area contributed by atoms with Gasteiger partial charge in [0.1, 0.15) is 5.75 Å². The van der Waals surface area contributed by atoms with Gasteiger partial charge in [-0.3, -0.25) is 4.79 Å². The Balaban J connectivity index is 2.85. The number of rotatable bonds is 5. The molecule has 0 spiro atoms. The van der Waals surface area contributed by atoms with E-state index in [4.69, 9.17) is 4.74 Å². The predicted molar refractivity (Wildman–Crippen MR) is 67.9 cm³/mol. The molecule has 1 aromatic carbocycles. The van der Waals surface area contributed by atoms with Crippen LogP contribution >= 0.6 is 15.9 Å². The predicted octanol–water partition coefficient (Wildman–Crippen LogP) is 2.99. The monoisotopic (exact) mass is 285 g/mol. The lowest BCUT2D eigenvalue weighted by Gasteiger charge is -2.10. The highest BCUT2D eigenvalue weighted by atomic mass is 79.9. The van der Waals surface area contributed by atoms with Gasteiger partial charge in [-0.25, -0.2) is 0 Å². The van der Waals surface area contributed by atoms with Crippen molar-refractivity contribution in [1.82, 2.24) is 5.32 Å². The van der Waals surface area contributed by atoms with Gasteiger partial charge in [0.15, 0.2) is 0 Å². The third-order valence-corrected chi connectivity index (χ3v) is 2.66. The number of halogens is 1. The second-order valence-electron chi connectivity index (χ2n) is 3.42. The number of carbonyl (C=O) groups is 1. The summed E-state index contributed by atoms with van der Waals surface area (Å²) in [6.45, 7) is 2.74. The standard InChI is InChI=1S/C12H16BrNO2/c1-3-4-7-16-11-6-5-9(13)8-10(11)12(15)14-2/h5-6,8H,3-4,7H2,1-2H3,(H,14,15). The maximum absolute atomic E-state index is 11.6. The number of nitrogens with one attached hydrogen (secondary N) is 1. The Labute approximate surface area is 104 Å². The lowest BCUT2D eigenvalue weighted by Crippen LogP contribution is -2.19. The van der Waals surface area contributed by atoms with Crippen molar-refractivity contribution < 1.29 is 9.53 Å². The molecule has 0 aliphatic rings. The van der Waals surface area contributed by atoms with E-state index in [-0.39, 0.29) is 5.91 Å². The van der Waals surface area contributed by atoms with Crippen LogP contribution in [0.5, 0.6) is 5.75 Å². The van der Waals surface area contributed by atoms with Crippen molar-refractivity contribution >= 4 is 21.8 Å². The fourth-order valence-corrected chi connectivity index (χ4v) is 1.63. The van der Waals surface area contributed by atoms with Crippen LogP contribution in [-0.2, 0) is 0 Å². The summed E-state index contributed by atoms with van der Waals surface area (Å²) in [5.74, 6) is 0.504. The number of carbonyl (C=O) groups excluding carboxylic acids is 1. The lowest BCUT2D eigenvalue weighted by molar-refractivity contribution is 0.0959. The topological polar surface area (TPSA) is 38.3 Å². The van der Waals surface area contributed by atoms with Crippen LogP contribution in [0, 0.1) is 0 Å². The van der Waals surface area contributed by atoms with Crippen LogP contribution in [0.1, 0.15) is 30.1 Å². The van der Waals surface area contributed by atoms with E-state index >= 15 is 0 Å². The third kappa shape index (κ3) is 3.52. The molecule has 0 unspecified atom stereocenters. The summed E-state index contributed by atoms with van der Waals surface area (Å²) in [4.78, 5) is 11.6. The fourth-order valence-electron chi connectivity index (χ4n) is 1.27. The molecule has 4 heteroatoms. The molecule has 0 radical (unpaired) electrons. The maximum atomic E-state index is 11.6. The highest BCUT2D eigenvalue weighted by molar-refractivity contribution is 9.10. The number of hydrogen-bond acceptors (Lipinski definition) is 2. The Kier molecular flexibility index (Phi) is 5.32. The van der Waals surface area contributed by atoms with Gasteiger partial charge >= 0.3 is 0 Å². The van der Waals surface area contributed by atoms with Crippen LogP contribution in [0.25, 0.3) is 0 Å². The van der Waals surface area contributed by atoms with Crippen molar-refractivity contribution in [1.29, 1.82) is 0 Å². The second-order valence-corrected chi connectivity index (χ2v) is 4.34. The molecule has 1 aromatic rings. The summed E-state index contributed by atoms with van der Waals surface area (Å²) in [6.07, 6.45) is 2.06. The van der Waals surface area contributed by atoms with Crippen molar-refractivity contribution in [2.75, 3.05) is 13.7 Å². The minimum atomic E-state index is -0.132. The lowest BCUT2D eigenvalue weighted by atomic mass is 10.2. The number of amides is 1. The molecule has 1 amide bonds. The zero-order valence-corrected chi connectivity index (χ0v) is 11.1. The molecule has 0 aliphatic heterocycles. The van der Waals surface area contributed by atoms with Crippen LogP contribution in [0.15, 0.2) is 22.7 Å². The molecule has 0 fully saturated rings. The van der Waals surface area contributed by atoms with Crippen molar-refractivity contribution in [2.45, 2.75) is 19.8 Å². The molecule has 88 valence electrons. The van der Waals surface area contributed by atoms with Crippen LogP contribution in [0.3, 0.4) is 0 Å². The molecule has 0 saturated heterocycles. The summed E-state index contributed by atoms with van der Waals surface area (Å²) in [7, 11) is 1.61. The highest BCUT2D eigenvalue weighted by Crippen LogP contribution is 2.23. The number of unbranched alkanes of at least 4 members (excludes halogenated alkanes) is 1. The largest absolute Gasteiger partial charge is 0.493 e. The van der Waals surface area contributed by atoms with E-state index in [1.807, 2.05) is 12.1 Å². The molecule has 1 N–H and O–H groups in total. The summed E-state index contributed by atoms with van der Waals surface area (Å²) in [5.41, 5.74) is 0.563. The molecule has 0 aromatic heterocycles. The molecule has 0 saturated carbocycles. The average Bonchev–Trinajstić information content (AvgIpc) is 2.30. The van der Waals surface area contributed by atoms with E-state index in [1.54, 1.807) is 13.1 Å². The first-order valence-corrected chi connectivity index (χ1v) is 6.12. The first kappa shape index (κ1) is 13.0. The summed E-state index contributed by atoms with van der Waals surface area (Å²) >= 11 is 3.34. The average molecular weight is 286 g/mol. The SMILES string of the molecule is CCCCOc1ccc(Br)cc1C(=O)NC. The molecule has 1 rings (SSSR count). The summed E-state index contributed by atoms with van der Waals surface area (Å²) in [5, 5.41) is 2.60. The Bertz CT molecular complexity index is 366. The van der Waals surface area contributed by atoms with Gasteiger partial charge in [0.05, 0.1) is 12.2 Å². The van der Waals surface area contributed by atoms with E-state index in [0.717, 1.165) is 17.3 Å². The molecule has 0 bridgehead atoms. The zero-order valence-electron chi connectivity index (χ0n) is 9.55. The number of hydrogen-bond donors (Lipinski definition) is 1. The Morgan fingerprint density at radius 2 is 2.25 bits per heavy atom. The van der Waals surface area contributed by atoms with Crippen LogP contribution in [-0.4, -0.2) is 19.6 Å². The Morgan fingerprint density at radius 3 is 2.88 bits per heavy atom. The van der Waals surface area contributed by atoms with Gasteiger partial charge in [-0.15, -0.1) is 0 Å². The normalized spacial score (nSPS) is 9.94. The van der Waals surface area contributed by atoms with Crippen LogP contribution in [0.4, 0.5) is 0 Å². The number of benzene rings is 1. The molecular formula is C12H16BrNO2. The van der Waals surface area contributed by atoms with Crippen molar-refractivity contribution in [3.63, 3.8) is 0 Å². The fraction of sp³-hybridized carbons (Fsp3) is 0.417. The summed E-state index contributed by atoms with van der Waals surface area (Å²) < 4.78 is 6.44. The van der Waals surface area contributed by atoms with E-state index in [0.29, 0.717) is 17.9 Å². The van der Waals surface area contributed by atoms with Gasteiger partial charge in [0, 0.05) is 11.5 Å². The molecule has 0 atom stereocenters. The first-order chi connectivity index (χ1) is 7.69. The minimum Gasteiger partial charge on any atom is -0.493 e. The molecule has 0 aliphatic carbocycles.